The highest BCUT2D eigenvalue weighted by Crippen LogP contribution is 2.30. The zero-order chi connectivity index (χ0) is 27.2. The van der Waals surface area contributed by atoms with Crippen molar-refractivity contribution in [3.63, 3.8) is 0 Å². The van der Waals surface area contributed by atoms with Gasteiger partial charge in [-0.25, -0.2) is 14.8 Å². The summed E-state index contributed by atoms with van der Waals surface area (Å²) in [7, 11) is 0. The van der Waals surface area contributed by atoms with Crippen molar-refractivity contribution >= 4 is 11.9 Å². The molecule has 1 aliphatic heterocycles. The van der Waals surface area contributed by atoms with Crippen LogP contribution in [-0.2, 0) is 4.74 Å². The van der Waals surface area contributed by atoms with E-state index in [0.29, 0.717) is 37.7 Å². The molecule has 0 aliphatic carbocycles. The molecule has 7 nitrogen and oxygen atoms in total. The third kappa shape index (κ3) is 5.73. The second kappa shape index (κ2) is 12.0. The van der Waals surface area contributed by atoms with E-state index in [-0.39, 0.29) is 29.8 Å². The summed E-state index contributed by atoms with van der Waals surface area (Å²) >= 11 is 0. The van der Waals surface area contributed by atoms with Gasteiger partial charge in [0.15, 0.2) is 5.82 Å². The largest absolute Gasteiger partial charge is 0.462 e. The summed E-state index contributed by atoms with van der Waals surface area (Å²) in [6.07, 6.45) is 0. The fourth-order valence-corrected chi connectivity index (χ4v) is 5.11. The lowest BCUT2D eigenvalue weighted by Gasteiger charge is -2.39. The molecule has 1 fully saturated rings. The second-order valence-corrected chi connectivity index (χ2v) is 9.49. The van der Waals surface area contributed by atoms with Gasteiger partial charge in [0.25, 0.3) is 5.91 Å². The molecule has 5 rings (SSSR count). The van der Waals surface area contributed by atoms with Gasteiger partial charge in [0.1, 0.15) is 11.3 Å². The number of carbonyl (C=O) groups is 2. The summed E-state index contributed by atoms with van der Waals surface area (Å²) in [4.78, 5) is 40.1. The van der Waals surface area contributed by atoms with E-state index in [1.54, 1.807) is 18.7 Å². The zero-order valence-electron chi connectivity index (χ0n) is 22.3. The Hall–Kier alpha value is -4.36. The molecule has 3 aromatic carbocycles. The van der Waals surface area contributed by atoms with Crippen molar-refractivity contribution in [1.82, 2.24) is 19.8 Å². The van der Waals surface area contributed by atoms with Crippen LogP contribution >= 0.6 is 0 Å². The number of ether oxygens (including phenoxy) is 1. The second-order valence-electron chi connectivity index (χ2n) is 9.49. The lowest BCUT2D eigenvalue weighted by Crippen LogP contribution is -2.50. The van der Waals surface area contributed by atoms with E-state index in [0.717, 1.165) is 5.56 Å². The predicted octanol–water partition coefficient (Wildman–Crippen LogP) is 5.18. The van der Waals surface area contributed by atoms with E-state index in [4.69, 9.17) is 4.74 Å². The number of hydrogen-bond donors (Lipinski definition) is 0. The van der Waals surface area contributed by atoms with Crippen molar-refractivity contribution in [2.24, 2.45) is 0 Å². The standard InChI is InChI=1S/C32H32N4O3/c1-3-39-32(38)27-23(2)33-30(26-17-11-6-12-18-26)34-28(27)31(37)36-21-19-35(20-22-36)29(24-13-7-4-8-14-24)25-15-9-5-10-16-25/h4-18,29H,3,19-22H2,1-2H3. The van der Waals surface area contributed by atoms with Gasteiger partial charge in [-0.3, -0.25) is 9.69 Å². The molecule has 1 amide bonds. The van der Waals surface area contributed by atoms with E-state index < -0.39 is 5.97 Å². The first-order valence-electron chi connectivity index (χ1n) is 13.3. The molecule has 39 heavy (non-hydrogen) atoms. The number of carbonyl (C=O) groups excluding carboxylic acids is 2. The maximum atomic E-state index is 13.9. The SMILES string of the molecule is CCOC(=O)c1c(C)nc(-c2ccccc2)nc1C(=O)N1CCN(C(c2ccccc2)c2ccccc2)CC1. The van der Waals surface area contributed by atoms with Crippen LogP contribution in [-0.4, -0.2) is 64.4 Å². The Bertz CT molecular complexity index is 1380. The first kappa shape index (κ1) is 26.3. The molecular formula is C32H32N4O3. The van der Waals surface area contributed by atoms with Gasteiger partial charge >= 0.3 is 5.97 Å². The highest BCUT2D eigenvalue weighted by molar-refractivity contribution is 6.05. The molecule has 0 radical (unpaired) electrons. The molecular weight excluding hydrogens is 488 g/mol. The van der Waals surface area contributed by atoms with Gasteiger partial charge in [0.05, 0.1) is 18.3 Å². The Morgan fingerprint density at radius 3 is 1.87 bits per heavy atom. The lowest BCUT2D eigenvalue weighted by molar-refractivity contribution is 0.0503. The van der Waals surface area contributed by atoms with Crippen LogP contribution in [0.2, 0.25) is 0 Å². The predicted molar refractivity (Wildman–Crippen MR) is 150 cm³/mol. The highest BCUT2D eigenvalue weighted by atomic mass is 16.5. The van der Waals surface area contributed by atoms with E-state index in [2.05, 4.69) is 63.4 Å². The molecule has 0 saturated carbocycles. The van der Waals surface area contributed by atoms with E-state index in [1.165, 1.54) is 11.1 Å². The van der Waals surface area contributed by atoms with Gasteiger partial charge < -0.3 is 9.64 Å². The molecule has 1 saturated heterocycles. The number of nitrogens with zero attached hydrogens (tertiary/aromatic N) is 4. The summed E-state index contributed by atoms with van der Waals surface area (Å²) in [5, 5.41) is 0. The Morgan fingerprint density at radius 1 is 0.795 bits per heavy atom. The third-order valence-corrected chi connectivity index (χ3v) is 7.00. The summed E-state index contributed by atoms with van der Waals surface area (Å²) in [6.45, 7) is 6.06. The fourth-order valence-electron chi connectivity index (χ4n) is 5.11. The van der Waals surface area contributed by atoms with Crippen molar-refractivity contribution in [2.45, 2.75) is 19.9 Å². The van der Waals surface area contributed by atoms with Gasteiger partial charge in [-0.05, 0) is 25.0 Å². The Morgan fingerprint density at radius 2 is 1.33 bits per heavy atom. The van der Waals surface area contributed by atoms with Crippen molar-refractivity contribution in [3.8, 4) is 11.4 Å². The minimum atomic E-state index is -0.579. The number of aromatic nitrogens is 2. The third-order valence-electron chi connectivity index (χ3n) is 7.00. The van der Waals surface area contributed by atoms with Crippen molar-refractivity contribution in [1.29, 1.82) is 0 Å². The average Bonchev–Trinajstić information content (AvgIpc) is 2.98. The topological polar surface area (TPSA) is 75.6 Å². The first-order valence-corrected chi connectivity index (χ1v) is 13.3. The highest BCUT2D eigenvalue weighted by Gasteiger charge is 2.32. The summed E-state index contributed by atoms with van der Waals surface area (Å²) in [5.41, 5.74) is 3.87. The van der Waals surface area contributed by atoms with Crippen molar-refractivity contribution in [2.75, 3.05) is 32.8 Å². The van der Waals surface area contributed by atoms with E-state index in [9.17, 15) is 9.59 Å². The number of benzene rings is 3. The molecule has 4 aromatic rings. The van der Waals surface area contributed by atoms with Crippen LogP contribution in [0.1, 0.15) is 50.6 Å². The van der Waals surface area contributed by atoms with Crippen LogP contribution in [0.25, 0.3) is 11.4 Å². The quantitative estimate of drug-likeness (QED) is 0.313. The number of piperazine rings is 1. The van der Waals surface area contributed by atoms with Gasteiger partial charge in [0.2, 0.25) is 0 Å². The molecule has 1 aromatic heterocycles. The molecule has 0 unspecified atom stereocenters. The van der Waals surface area contributed by atoms with Gasteiger partial charge in [-0.2, -0.15) is 0 Å². The van der Waals surface area contributed by atoms with E-state index >= 15 is 0 Å². The maximum Gasteiger partial charge on any atom is 0.342 e. The number of rotatable bonds is 7. The normalized spacial score (nSPS) is 13.9. The zero-order valence-corrected chi connectivity index (χ0v) is 22.3. The Labute approximate surface area is 229 Å². The minimum Gasteiger partial charge on any atom is -0.462 e. The number of aryl methyl sites for hydroxylation is 1. The molecule has 0 atom stereocenters. The summed E-state index contributed by atoms with van der Waals surface area (Å²) in [5.74, 6) is -0.447. The van der Waals surface area contributed by atoms with Crippen LogP contribution in [0, 0.1) is 6.92 Å². The maximum absolute atomic E-state index is 13.9. The van der Waals surface area contributed by atoms with E-state index in [1.807, 2.05) is 42.5 Å². The van der Waals surface area contributed by atoms with Crippen molar-refractivity contribution < 1.29 is 14.3 Å². The Balaban J connectivity index is 1.42. The van der Waals surface area contributed by atoms with Gasteiger partial charge in [0, 0.05) is 31.7 Å². The average molecular weight is 521 g/mol. The number of esters is 1. The van der Waals surface area contributed by atoms with Crippen LogP contribution in [0.3, 0.4) is 0 Å². The van der Waals surface area contributed by atoms with Crippen LogP contribution in [0.15, 0.2) is 91.0 Å². The lowest BCUT2D eigenvalue weighted by atomic mass is 9.96. The molecule has 2 heterocycles. The molecule has 0 spiro atoms. The fraction of sp³-hybridized carbons (Fsp3) is 0.250. The first-order chi connectivity index (χ1) is 19.1. The Kier molecular flexibility index (Phi) is 8.08. The smallest absolute Gasteiger partial charge is 0.342 e. The monoisotopic (exact) mass is 520 g/mol. The minimum absolute atomic E-state index is 0.0886. The number of amides is 1. The summed E-state index contributed by atoms with van der Waals surface area (Å²) < 4.78 is 5.28. The van der Waals surface area contributed by atoms with Crippen molar-refractivity contribution in [3.05, 3.63) is 119 Å². The summed E-state index contributed by atoms with van der Waals surface area (Å²) in [6, 6.07) is 30.4. The van der Waals surface area contributed by atoms with Crippen LogP contribution < -0.4 is 0 Å². The molecule has 0 N–H and O–H groups in total. The van der Waals surface area contributed by atoms with Gasteiger partial charge in [-0.1, -0.05) is 91.0 Å². The molecule has 7 heteroatoms. The van der Waals surface area contributed by atoms with Crippen LogP contribution in [0.5, 0.6) is 0 Å². The molecule has 1 aliphatic rings. The molecule has 198 valence electrons. The molecule has 0 bridgehead atoms. The van der Waals surface area contributed by atoms with Gasteiger partial charge in [-0.15, -0.1) is 0 Å². The van der Waals surface area contributed by atoms with Crippen LogP contribution in [0.4, 0.5) is 0 Å². The number of hydrogen-bond acceptors (Lipinski definition) is 6.